The SMILES string of the molecule is C=C[C@H]1CC2=C/C(=N/O)CC[C@@H]2C2CC[C@@]3(CC)C(C21)[C@@H]1C[C@@H]1[C@@]31C=CC(OC)O1. The molecular weight excluding hydrogens is 374 g/mol. The summed E-state index contributed by atoms with van der Waals surface area (Å²) in [6, 6.07) is 0. The summed E-state index contributed by atoms with van der Waals surface area (Å²) in [6.07, 6.45) is 17.0. The third-order valence-electron chi connectivity index (χ3n) is 10.2. The second-order valence-electron chi connectivity index (χ2n) is 10.8. The number of hydrogen-bond donors (Lipinski definition) is 1. The summed E-state index contributed by atoms with van der Waals surface area (Å²) in [4.78, 5) is 0. The van der Waals surface area contributed by atoms with E-state index in [2.05, 4.69) is 43.0 Å². The second-order valence-corrected chi connectivity index (χ2v) is 10.8. The van der Waals surface area contributed by atoms with Crippen LogP contribution in [0.3, 0.4) is 0 Å². The van der Waals surface area contributed by atoms with Crippen LogP contribution in [0.25, 0.3) is 0 Å². The van der Waals surface area contributed by atoms with E-state index in [9.17, 15) is 5.21 Å². The van der Waals surface area contributed by atoms with E-state index in [1.165, 1.54) is 31.3 Å². The molecule has 1 heterocycles. The summed E-state index contributed by atoms with van der Waals surface area (Å²) in [5.74, 6) is 4.81. The van der Waals surface area contributed by atoms with Gasteiger partial charge in [0.15, 0.2) is 6.29 Å². The van der Waals surface area contributed by atoms with Gasteiger partial charge in [0.1, 0.15) is 0 Å². The topological polar surface area (TPSA) is 51.1 Å². The molecule has 4 saturated carbocycles. The van der Waals surface area contributed by atoms with Crippen molar-refractivity contribution in [3.63, 3.8) is 0 Å². The summed E-state index contributed by atoms with van der Waals surface area (Å²) >= 11 is 0. The van der Waals surface area contributed by atoms with Crippen LogP contribution < -0.4 is 0 Å². The van der Waals surface area contributed by atoms with Gasteiger partial charge in [-0.25, -0.2) is 0 Å². The van der Waals surface area contributed by atoms with Crippen molar-refractivity contribution in [2.24, 2.45) is 52.0 Å². The van der Waals surface area contributed by atoms with Crippen molar-refractivity contribution in [2.75, 3.05) is 7.11 Å². The molecule has 1 aliphatic heterocycles. The summed E-state index contributed by atoms with van der Waals surface area (Å²) < 4.78 is 12.4. The molecule has 0 radical (unpaired) electrons. The molecule has 30 heavy (non-hydrogen) atoms. The maximum atomic E-state index is 9.32. The maximum Gasteiger partial charge on any atom is 0.177 e. The van der Waals surface area contributed by atoms with E-state index in [4.69, 9.17) is 9.47 Å². The van der Waals surface area contributed by atoms with E-state index in [1.54, 1.807) is 7.11 Å². The minimum atomic E-state index is -0.184. The molecule has 10 atom stereocenters. The molecule has 4 nitrogen and oxygen atoms in total. The van der Waals surface area contributed by atoms with Crippen molar-refractivity contribution >= 4 is 5.71 Å². The number of hydrogen-bond acceptors (Lipinski definition) is 4. The number of nitrogens with zero attached hydrogens (tertiary/aromatic N) is 1. The van der Waals surface area contributed by atoms with Gasteiger partial charge < -0.3 is 14.7 Å². The Morgan fingerprint density at radius 3 is 2.93 bits per heavy atom. The van der Waals surface area contributed by atoms with Crippen molar-refractivity contribution in [1.82, 2.24) is 0 Å². The van der Waals surface area contributed by atoms with E-state index < -0.39 is 0 Å². The maximum absolute atomic E-state index is 9.32. The Morgan fingerprint density at radius 2 is 2.23 bits per heavy atom. The van der Waals surface area contributed by atoms with E-state index >= 15 is 0 Å². The molecule has 0 aromatic carbocycles. The van der Waals surface area contributed by atoms with Gasteiger partial charge in [0.2, 0.25) is 0 Å². The van der Waals surface area contributed by atoms with Crippen molar-refractivity contribution in [1.29, 1.82) is 0 Å². The van der Waals surface area contributed by atoms with Crippen molar-refractivity contribution < 1.29 is 14.7 Å². The van der Waals surface area contributed by atoms with Gasteiger partial charge in [-0.2, -0.15) is 0 Å². The first-order valence-corrected chi connectivity index (χ1v) is 12.1. The molecule has 1 N–H and O–H groups in total. The standard InChI is InChI=1S/C26H35NO3/c1-4-15-12-16-13-17(27-28)6-7-18(16)19-8-10-25(5-2)24(23(15)19)20-14-21(20)26(25)11-9-22(29-3)30-26/h4,9,11,13,15,18-24,28H,1,5-8,10,12,14H2,2-3H3/b27-17+/t15-,18-,19?,20+,21-,22?,23?,24?,25-,26-/m0/s1. The molecule has 4 heteroatoms. The van der Waals surface area contributed by atoms with Gasteiger partial charge in [-0.15, -0.1) is 6.58 Å². The van der Waals surface area contributed by atoms with E-state index in [0.717, 1.165) is 42.7 Å². The Morgan fingerprint density at radius 1 is 1.37 bits per heavy atom. The lowest BCUT2D eigenvalue weighted by Crippen LogP contribution is -2.57. The van der Waals surface area contributed by atoms with Gasteiger partial charge in [-0.05, 0) is 98.5 Å². The molecule has 4 unspecified atom stereocenters. The third-order valence-corrected chi connectivity index (χ3v) is 10.2. The smallest absolute Gasteiger partial charge is 0.177 e. The number of methoxy groups -OCH3 is 1. The summed E-state index contributed by atoms with van der Waals surface area (Å²) in [5.41, 5.74) is 2.49. The largest absolute Gasteiger partial charge is 0.411 e. The monoisotopic (exact) mass is 409 g/mol. The molecule has 6 rings (SSSR count). The van der Waals surface area contributed by atoms with E-state index in [-0.39, 0.29) is 17.3 Å². The van der Waals surface area contributed by atoms with Crippen LogP contribution in [0.5, 0.6) is 0 Å². The predicted molar refractivity (Wildman–Crippen MR) is 116 cm³/mol. The van der Waals surface area contributed by atoms with Crippen LogP contribution in [-0.2, 0) is 9.47 Å². The quantitative estimate of drug-likeness (QED) is 0.389. The fourth-order valence-electron chi connectivity index (χ4n) is 9.21. The highest BCUT2D eigenvalue weighted by molar-refractivity contribution is 5.96. The van der Waals surface area contributed by atoms with Crippen molar-refractivity contribution in [2.45, 2.75) is 63.8 Å². The highest BCUT2D eigenvalue weighted by Crippen LogP contribution is 2.79. The molecule has 4 fully saturated rings. The molecular formula is C26H35NO3. The van der Waals surface area contributed by atoms with Crippen LogP contribution in [0.1, 0.15) is 51.9 Å². The Balaban J connectivity index is 1.41. The minimum Gasteiger partial charge on any atom is -0.411 e. The molecule has 162 valence electrons. The lowest BCUT2D eigenvalue weighted by Gasteiger charge is -2.60. The predicted octanol–water partition coefficient (Wildman–Crippen LogP) is 5.35. The number of allylic oxidation sites excluding steroid dienone is 3. The number of rotatable bonds is 3. The van der Waals surface area contributed by atoms with Gasteiger partial charge in [0.25, 0.3) is 0 Å². The Hall–Kier alpha value is -1.39. The molecule has 0 amide bonds. The van der Waals surface area contributed by atoms with Gasteiger partial charge >= 0.3 is 0 Å². The summed E-state index contributed by atoms with van der Waals surface area (Å²) in [6.45, 7) is 6.70. The molecule has 0 bridgehead atoms. The van der Waals surface area contributed by atoms with Crippen LogP contribution in [-0.4, -0.2) is 29.9 Å². The average Bonchev–Trinajstić information content (AvgIpc) is 3.41. The zero-order chi connectivity index (χ0) is 20.7. The first-order valence-electron chi connectivity index (χ1n) is 12.1. The van der Waals surface area contributed by atoms with Crippen LogP contribution in [0, 0.1) is 46.8 Å². The highest BCUT2D eigenvalue weighted by atomic mass is 16.7. The first-order chi connectivity index (χ1) is 14.6. The lowest BCUT2D eigenvalue weighted by molar-refractivity contribution is -0.212. The number of ether oxygens (including phenoxy) is 2. The van der Waals surface area contributed by atoms with Gasteiger partial charge in [-0.3, -0.25) is 0 Å². The molecule has 0 saturated heterocycles. The molecule has 1 spiro atoms. The lowest BCUT2D eigenvalue weighted by atomic mass is 9.46. The molecule has 0 aromatic heterocycles. The summed E-state index contributed by atoms with van der Waals surface area (Å²) in [7, 11) is 1.76. The first kappa shape index (κ1) is 19.3. The Bertz CT molecular complexity index is 845. The zero-order valence-electron chi connectivity index (χ0n) is 18.3. The number of fused-ring (bicyclic) bond motifs is 9. The van der Waals surface area contributed by atoms with E-state index in [1.807, 2.05) is 0 Å². The normalized spacial score (nSPS) is 54.3. The third kappa shape index (κ3) is 2.22. The molecule has 6 aliphatic rings. The summed E-state index contributed by atoms with van der Waals surface area (Å²) in [5, 5.41) is 12.8. The second kappa shape index (κ2) is 6.56. The van der Waals surface area contributed by atoms with Crippen LogP contribution >= 0.6 is 0 Å². The van der Waals surface area contributed by atoms with Crippen molar-refractivity contribution in [3.8, 4) is 0 Å². The minimum absolute atomic E-state index is 0.117. The Kier molecular flexibility index (Phi) is 4.22. The highest BCUT2D eigenvalue weighted by Gasteiger charge is 2.78. The van der Waals surface area contributed by atoms with Crippen LogP contribution in [0.15, 0.2) is 41.6 Å². The van der Waals surface area contributed by atoms with Crippen molar-refractivity contribution in [3.05, 3.63) is 36.5 Å². The zero-order valence-corrected chi connectivity index (χ0v) is 18.3. The Labute approximate surface area is 180 Å². The molecule has 0 aromatic rings. The number of oxime groups is 1. The molecule has 5 aliphatic carbocycles. The van der Waals surface area contributed by atoms with Crippen LogP contribution in [0.4, 0.5) is 0 Å². The fraction of sp³-hybridized carbons (Fsp3) is 0.731. The average molecular weight is 410 g/mol. The van der Waals surface area contributed by atoms with Gasteiger partial charge in [0, 0.05) is 12.5 Å². The van der Waals surface area contributed by atoms with E-state index in [0.29, 0.717) is 23.7 Å². The van der Waals surface area contributed by atoms with Crippen LogP contribution in [0.2, 0.25) is 0 Å². The fourth-order valence-corrected chi connectivity index (χ4v) is 9.21. The van der Waals surface area contributed by atoms with Gasteiger partial charge in [0.05, 0.1) is 11.3 Å². The van der Waals surface area contributed by atoms with Gasteiger partial charge in [-0.1, -0.05) is 29.8 Å².